The zero-order chi connectivity index (χ0) is 14.8. The highest BCUT2D eigenvalue weighted by molar-refractivity contribution is 5.51. The van der Waals surface area contributed by atoms with E-state index < -0.39 is 11.6 Å². The van der Waals surface area contributed by atoms with Gasteiger partial charge in [0, 0.05) is 37.0 Å². The molecule has 0 bridgehead atoms. The summed E-state index contributed by atoms with van der Waals surface area (Å²) in [4.78, 5) is 9.97. The van der Waals surface area contributed by atoms with Crippen LogP contribution < -0.4 is 4.90 Å². The predicted molar refractivity (Wildman–Crippen MR) is 72.7 cm³/mol. The first-order valence-electron chi connectivity index (χ1n) is 6.60. The first kappa shape index (κ1) is 13.4. The summed E-state index contributed by atoms with van der Waals surface area (Å²) in [6.45, 7) is 1.01. The number of hydrogen-bond donors (Lipinski definition) is 0. The molecule has 1 unspecified atom stereocenters. The number of benzene rings is 1. The molecular weight excluding hydrogens is 274 g/mol. The Morgan fingerprint density at radius 2 is 1.90 bits per heavy atom. The third-order valence-corrected chi connectivity index (χ3v) is 3.68. The standard InChI is InChI=1S/C15H12F2N4/c16-11-2-1-3-12(17)14(11)10-4-7-21(9-10)15-13(8-18)19-5-6-20-15/h1-3,5-6,10H,4,7,9H2. The molecule has 1 aromatic carbocycles. The Bertz CT molecular complexity index is 691. The lowest BCUT2D eigenvalue weighted by atomic mass is 9.97. The second-order valence-electron chi connectivity index (χ2n) is 4.91. The number of nitriles is 1. The van der Waals surface area contributed by atoms with Crippen LogP contribution in [0.1, 0.15) is 23.6 Å². The monoisotopic (exact) mass is 286 g/mol. The molecule has 4 nitrogen and oxygen atoms in total. The lowest BCUT2D eigenvalue weighted by molar-refractivity contribution is 0.533. The van der Waals surface area contributed by atoms with Crippen LogP contribution in [0.2, 0.25) is 0 Å². The second-order valence-corrected chi connectivity index (χ2v) is 4.91. The third kappa shape index (κ3) is 2.42. The molecule has 0 saturated carbocycles. The molecule has 1 aromatic heterocycles. The van der Waals surface area contributed by atoms with Crippen molar-refractivity contribution in [3.8, 4) is 6.07 Å². The normalized spacial score (nSPS) is 17.8. The molecule has 2 aromatic rings. The highest BCUT2D eigenvalue weighted by Gasteiger charge is 2.30. The quantitative estimate of drug-likeness (QED) is 0.851. The average Bonchev–Trinajstić information content (AvgIpc) is 2.96. The first-order valence-corrected chi connectivity index (χ1v) is 6.60. The summed E-state index contributed by atoms with van der Waals surface area (Å²) < 4.78 is 27.7. The molecule has 1 saturated heterocycles. The number of aromatic nitrogens is 2. The van der Waals surface area contributed by atoms with Crippen molar-refractivity contribution in [2.24, 2.45) is 0 Å². The van der Waals surface area contributed by atoms with Gasteiger partial charge in [0.1, 0.15) is 17.7 Å². The van der Waals surface area contributed by atoms with Crippen LogP contribution in [0.25, 0.3) is 0 Å². The predicted octanol–water partition coefficient (Wildman–Crippen LogP) is 2.62. The van der Waals surface area contributed by atoms with Crippen molar-refractivity contribution in [2.75, 3.05) is 18.0 Å². The highest BCUT2D eigenvalue weighted by Crippen LogP contribution is 2.33. The minimum Gasteiger partial charge on any atom is -0.354 e. The summed E-state index contributed by atoms with van der Waals surface area (Å²) in [7, 11) is 0. The fourth-order valence-electron chi connectivity index (χ4n) is 2.73. The van der Waals surface area contributed by atoms with Crippen molar-refractivity contribution in [2.45, 2.75) is 12.3 Å². The van der Waals surface area contributed by atoms with Gasteiger partial charge < -0.3 is 4.90 Å². The Morgan fingerprint density at radius 1 is 1.19 bits per heavy atom. The number of nitrogens with zero attached hydrogens (tertiary/aromatic N) is 4. The SMILES string of the molecule is N#Cc1nccnc1N1CCC(c2c(F)cccc2F)C1. The molecule has 0 aliphatic carbocycles. The number of halogens is 2. The van der Waals surface area contributed by atoms with Crippen LogP contribution in [0, 0.1) is 23.0 Å². The minimum atomic E-state index is -0.526. The molecule has 0 spiro atoms. The molecule has 3 rings (SSSR count). The summed E-state index contributed by atoms with van der Waals surface area (Å²) in [6, 6.07) is 5.88. The number of hydrogen-bond acceptors (Lipinski definition) is 4. The maximum Gasteiger partial charge on any atom is 0.183 e. The van der Waals surface area contributed by atoms with Crippen LogP contribution in [0.3, 0.4) is 0 Å². The molecule has 21 heavy (non-hydrogen) atoms. The van der Waals surface area contributed by atoms with Crippen LogP contribution in [-0.2, 0) is 0 Å². The van der Waals surface area contributed by atoms with Crippen LogP contribution >= 0.6 is 0 Å². The third-order valence-electron chi connectivity index (χ3n) is 3.68. The van der Waals surface area contributed by atoms with Crippen molar-refractivity contribution >= 4 is 5.82 Å². The van der Waals surface area contributed by atoms with Crippen LogP contribution in [-0.4, -0.2) is 23.1 Å². The van der Waals surface area contributed by atoms with E-state index in [2.05, 4.69) is 9.97 Å². The van der Waals surface area contributed by atoms with Gasteiger partial charge in [-0.2, -0.15) is 5.26 Å². The Morgan fingerprint density at radius 3 is 2.62 bits per heavy atom. The van der Waals surface area contributed by atoms with Crippen molar-refractivity contribution in [3.05, 3.63) is 53.5 Å². The Balaban J connectivity index is 1.88. The van der Waals surface area contributed by atoms with Gasteiger partial charge in [-0.1, -0.05) is 6.07 Å². The lowest BCUT2D eigenvalue weighted by Gasteiger charge is -2.18. The van der Waals surface area contributed by atoms with E-state index in [0.29, 0.717) is 25.3 Å². The molecule has 1 atom stereocenters. The van der Waals surface area contributed by atoms with Gasteiger partial charge >= 0.3 is 0 Å². The van der Waals surface area contributed by atoms with Gasteiger partial charge in [0.2, 0.25) is 0 Å². The Hall–Kier alpha value is -2.55. The van der Waals surface area contributed by atoms with E-state index in [-0.39, 0.29) is 17.2 Å². The molecule has 1 fully saturated rings. The van der Waals surface area contributed by atoms with Gasteiger partial charge in [0.15, 0.2) is 11.5 Å². The fourth-order valence-corrected chi connectivity index (χ4v) is 2.73. The second kappa shape index (κ2) is 5.44. The summed E-state index contributed by atoms with van der Waals surface area (Å²) in [5, 5.41) is 9.05. The summed E-state index contributed by atoms with van der Waals surface area (Å²) in [5.74, 6) is -0.831. The Kier molecular flexibility index (Phi) is 3.48. The summed E-state index contributed by atoms with van der Waals surface area (Å²) >= 11 is 0. The Labute approximate surface area is 120 Å². The van der Waals surface area contributed by atoms with Crippen molar-refractivity contribution in [1.29, 1.82) is 5.26 Å². The van der Waals surface area contributed by atoms with Crippen molar-refractivity contribution in [3.63, 3.8) is 0 Å². The van der Waals surface area contributed by atoms with Gasteiger partial charge in [0.25, 0.3) is 0 Å². The smallest absolute Gasteiger partial charge is 0.183 e. The molecule has 1 aliphatic rings. The zero-order valence-corrected chi connectivity index (χ0v) is 11.1. The van der Waals surface area contributed by atoms with Gasteiger partial charge in [-0.25, -0.2) is 18.7 Å². The first-order chi connectivity index (χ1) is 10.2. The molecule has 2 heterocycles. The van der Waals surface area contributed by atoms with E-state index in [0.717, 1.165) is 0 Å². The van der Waals surface area contributed by atoms with E-state index in [1.165, 1.54) is 30.6 Å². The van der Waals surface area contributed by atoms with Gasteiger partial charge in [-0.3, -0.25) is 0 Å². The highest BCUT2D eigenvalue weighted by atomic mass is 19.1. The van der Waals surface area contributed by atoms with E-state index in [4.69, 9.17) is 5.26 Å². The van der Waals surface area contributed by atoms with Crippen LogP contribution in [0.4, 0.5) is 14.6 Å². The lowest BCUT2D eigenvalue weighted by Crippen LogP contribution is -2.22. The topological polar surface area (TPSA) is 52.8 Å². The van der Waals surface area contributed by atoms with Gasteiger partial charge in [0.05, 0.1) is 0 Å². The average molecular weight is 286 g/mol. The summed E-state index contributed by atoms with van der Waals surface area (Å²) in [6.07, 6.45) is 3.57. The van der Waals surface area contributed by atoms with Gasteiger partial charge in [-0.05, 0) is 18.6 Å². The molecular formula is C15H12F2N4. The van der Waals surface area contributed by atoms with E-state index in [9.17, 15) is 8.78 Å². The molecule has 0 N–H and O–H groups in total. The molecule has 0 amide bonds. The number of rotatable bonds is 2. The minimum absolute atomic E-state index is 0.113. The maximum absolute atomic E-state index is 13.8. The number of anilines is 1. The summed E-state index contributed by atoms with van der Waals surface area (Å²) in [5.41, 5.74) is 0.342. The van der Waals surface area contributed by atoms with Crippen LogP contribution in [0.5, 0.6) is 0 Å². The molecule has 6 heteroatoms. The van der Waals surface area contributed by atoms with Gasteiger partial charge in [-0.15, -0.1) is 0 Å². The zero-order valence-electron chi connectivity index (χ0n) is 11.1. The molecule has 1 aliphatic heterocycles. The van der Waals surface area contributed by atoms with Crippen LogP contribution in [0.15, 0.2) is 30.6 Å². The van der Waals surface area contributed by atoms with E-state index >= 15 is 0 Å². The van der Waals surface area contributed by atoms with E-state index in [1.807, 2.05) is 11.0 Å². The van der Waals surface area contributed by atoms with Crippen molar-refractivity contribution < 1.29 is 8.78 Å². The molecule has 106 valence electrons. The fraction of sp³-hybridized carbons (Fsp3) is 0.267. The van der Waals surface area contributed by atoms with E-state index in [1.54, 1.807) is 0 Å². The largest absolute Gasteiger partial charge is 0.354 e. The van der Waals surface area contributed by atoms with Crippen molar-refractivity contribution in [1.82, 2.24) is 9.97 Å². The maximum atomic E-state index is 13.8. The molecule has 0 radical (unpaired) electrons.